The number of phenolic OH excluding ortho intramolecular Hbond substituents is 1. The van der Waals surface area contributed by atoms with Gasteiger partial charge in [-0.05, 0) is 55.2 Å². The van der Waals surface area contributed by atoms with E-state index in [1.165, 1.54) is 24.8 Å². The lowest BCUT2D eigenvalue weighted by Gasteiger charge is -2.08. The second kappa shape index (κ2) is 4.04. The molecule has 0 unspecified atom stereocenters. The first kappa shape index (κ1) is 9.57. The first-order chi connectivity index (χ1) is 6.75. The molecule has 1 radical (unpaired) electrons. The fourth-order valence-electron chi connectivity index (χ4n) is 1.78. The Morgan fingerprint density at radius 1 is 1.29 bits per heavy atom. The lowest BCUT2D eigenvalue weighted by atomic mass is 9.97. The molecule has 1 fully saturated rings. The molecule has 0 bridgehead atoms. The largest absolute Gasteiger partial charge is 0.508 e. The third-order valence-corrected chi connectivity index (χ3v) is 3.02. The summed E-state index contributed by atoms with van der Waals surface area (Å²) in [6.45, 7) is 2.28. The summed E-state index contributed by atoms with van der Waals surface area (Å²) < 4.78 is 0. The van der Waals surface area contributed by atoms with Gasteiger partial charge in [0.05, 0.1) is 0 Å². The van der Waals surface area contributed by atoms with Crippen LogP contribution in [0.5, 0.6) is 5.75 Å². The topological polar surface area (TPSA) is 20.2 Å². The molecule has 0 aromatic heterocycles. The number of benzene rings is 1. The summed E-state index contributed by atoms with van der Waals surface area (Å²) >= 11 is 0. The Bertz CT molecular complexity index is 285. The molecular formula is C13H17O. The fourth-order valence-corrected chi connectivity index (χ4v) is 1.78. The van der Waals surface area contributed by atoms with E-state index in [1.54, 1.807) is 18.1 Å². The van der Waals surface area contributed by atoms with Crippen molar-refractivity contribution < 1.29 is 5.11 Å². The lowest BCUT2D eigenvalue weighted by molar-refractivity contribution is 0.475. The van der Waals surface area contributed by atoms with Crippen molar-refractivity contribution in [1.82, 2.24) is 0 Å². The Morgan fingerprint density at radius 3 is 2.50 bits per heavy atom. The van der Waals surface area contributed by atoms with Crippen molar-refractivity contribution in [3.05, 3.63) is 35.7 Å². The van der Waals surface area contributed by atoms with Crippen molar-refractivity contribution in [2.45, 2.75) is 32.6 Å². The minimum atomic E-state index is 0.358. The Hall–Kier alpha value is -0.980. The Balaban J connectivity index is 1.82. The average Bonchev–Trinajstić information content (AvgIpc) is 3.00. The second-order valence-electron chi connectivity index (χ2n) is 4.29. The monoisotopic (exact) mass is 189 g/mol. The van der Waals surface area contributed by atoms with Gasteiger partial charge in [-0.3, -0.25) is 0 Å². The number of hydrogen-bond acceptors (Lipinski definition) is 1. The van der Waals surface area contributed by atoms with Gasteiger partial charge in [-0.2, -0.15) is 0 Å². The summed E-state index contributed by atoms with van der Waals surface area (Å²) in [6, 6.07) is 7.55. The summed E-state index contributed by atoms with van der Waals surface area (Å²) in [5.41, 5.74) is 1.32. The minimum Gasteiger partial charge on any atom is -0.508 e. The van der Waals surface area contributed by atoms with Crippen LogP contribution in [0.15, 0.2) is 24.3 Å². The van der Waals surface area contributed by atoms with Crippen LogP contribution in [0.25, 0.3) is 0 Å². The Morgan fingerprint density at radius 2 is 1.93 bits per heavy atom. The van der Waals surface area contributed by atoms with Gasteiger partial charge in [-0.1, -0.05) is 19.1 Å². The molecule has 1 saturated carbocycles. The van der Waals surface area contributed by atoms with Crippen LogP contribution in [0.3, 0.4) is 0 Å². The quantitative estimate of drug-likeness (QED) is 0.770. The van der Waals surface area contributed by atoms with E-state index in [4.69, 9.17) is 5.11 Å². The molecule has 1 aliphatic carbocycles. The number of phenols is 1. The zero-order valence-electron chi connectivity index (χ0n) is 8.66. The summed E-state index contributed by atoms with van der Waals surface area (Å²) in [5, 5.41) is 9.13. The maximum absolute atomic E-state index is 9.13. The van der Waals surface area contributed by atoms with Crippen molar-refractivity contribution >= 4 is 0 Å². The minimum absolute atomic E-state index is 0.358. The van der Waals surface area contributed by atoms with Gasteiger partial charge in [0.2, 0.25) is 0 Å². The highest BCUT2D eigenvalue weighted by atomic mass is 16.3. The standard InChI is InChI=1S/C13H17O/c1-10(12-6-7-12)2-3-11-4-8-13(14)9-5-11/h4-5,8-9,12,14H,2-3,6-7H2,1H3. The zero-order valence-corrected chi connectivity index (χ0v) is 8.66. The lowest BCUT2D eigenvalue weighted by Crippen LogP contribution is -1.96. The Labute approximate surface area is 85.8 Å². The van der Waals surface area contributed by atoms with Gasteiger partial charge in [0.25, 0.3) is 0 Å². The SMILES string of the molecule is C[C](CCc1ccc(O)cc1)C1CC1. The maximum Gasteiger partial charge on any atom is 0.115 e. The van der Waals surface area contributed by atoms with Gasteiger partial charge in [0.1, 0.15) is 5.75 Å². The summed E-state index contributed by atoms with van der Waals surface area (Å²) in [7, 11) is 0. The van der Waals surface area contributed by atoms with E-state index in [-0.39, 0.29) is 0 Å². The van der Waals surface area contributed by atoms with Gasteiger partial charge < -0.3 is 5.11 Å². The van der Waals surface area contributed by atoms with Gasteiger partial charge in [-0.15, -0.1) is 0 Å². The summed E-state index contributed by atoms with van der Waals surface area (Å²) in [5.74, 6) is 2.93. The number of aryl methyl sites for hydroxylation is 1. The van der Waals surface area contributed by atoms with Crippen LogP contribution in [0.2, 0.25) is 0 Å². The van der Waals surface area contributed by atoms with Gasteiger partial charge in [0, 0.05) is 0 Å². The number of aromatic hydroxyl groups is 1. The van der Waals surface area contributed by atoms with Crippen LogP contribution in [-0.4, -0.2) is 5.11 Å². The molecular weight excluding hydrogens is 172 g/mol. The van der Waals surface area contributed by atoms with E-state index in [9.17, 15) is 0 Å². The van der Waals surface area contributed by atoms with E-state index in [0.717, 1.165) is 12.3 Å². The molecule has 1 aliphatic rings. The van der Waals surface area contributed by atoms with E-state index in [2.05, 4.69) is 6.92 Å². The first-order valence-electron chi connectivity index (χ1n) is 5.36. The van der Waals surface area contributed by atoms with Crippen LogP contribution in [0.1, 0.15) is 31.7 Å². The van der Waals surface area contributed by atoms with Crippen molar-refractivity contribution in [1.29, 1.82) is 0 Å². The Kier molecular flexibility index (Phi) is 2.76. The molecule has 1 aromatic rings. The van der Waals surface area contributed by atoms with Crippen LogP contribution in [-0.2, 0) is 6.42 Å². The molecule has 0 saturated heterocycles. The third-order valence-electron chi connectivity index (χ3n) is 3.02. The molecule has 1 nitrogen and oxygen atoms in total. The third kappa shape index (κ3) is 2.50. The van der Waals surface area contributed by atoms with Crippen LogP contribution < -0.4 is 0 Å². The summed E-state index contributed by atoms with van der Waals surface area (Å²) in [6.07, 6.45) is 5.13. The highest BCUT2D eigenvalue weighted by Crippen LogP contribution is 2.40. The van der Waals surface area contributed by atoms with Crippen LogP contribution in [0.4, 0.5) is 0 Å². The van der Waals surface area contributed by atoms with Gasteiger partial charge >= 0.3 is 0 Å². The van der Waals surface area contributed by atoms with Crippen molar-refractivity contribution in [2.75, 3.05) is 0 Å². The predicted molar refractivity (Wildman–Crippen MR) is 58.1 cm³/mol. The highest BCUT2D eigenvalue weighted by molar-refractivity contribution is 5.26. The molecule has 0 atom stereocenters. The molecule has 75 valence electrons. The van der Waals surface area contributed by atoms with E-state index >= 15 is 0 Å². The summed E-state index contributed by atoms with van der Waals surface area (Å²) in [4.78, 5) is 0. The first-order valence-corrected chi connectivity index (χ1v) is 5.36. The molecule has 2 rings (SSSR count). The maximum atomic E-state index is 9.13. The second-order valence-corrected chi connectivity index (χ2v) is 4.29. The molecule has 0 amide bonds. The van der Waals surface area contributed by atoms with Gasteiger partial charge in [0.15, 0.2) is 0 Å². The van der Waals surface area contributed by atoms with Gasteiger partial charge in [-0.25, -0.2) is 0 Å². The van der Waals surface area contributed by atoms with Crippen molar-refractivity contribution in [3.8, 4) is 5.75 Å². The van der Waals surface area contributed by atoms with Crippen LogP contribution >= 0.6 is 0 Å². The molecule has 0 heterocycles. The average molecular weight is 189 g/mol. The number of rotatable bonds is 4. The van der Waals surface area contributed by atoms with Crippen molar-refractivity contribution in [3.63, 3.8) is 0 Å². The normalized spacial score (nSPS) is 16.1. The van der Waals surface area contributed by atoms with E-state index < -0.39 is 0 Å². The molecule has 1 heteroatoms. The fraction of sp³-hybridized carbons (Fsp3) is 0.462. The zero-order chi connectivity index (χ0) is 9.97. The van der Waals surface area contributed by atoms with Crippen molar-refractivity contribution in [2.24, 2.45) is 5.92 Å². The molecule has 1 N–H and O–H groups in total. The molecule has 0 spiro atoms. The molecule has 1 aromatic carbocycles. The van der Waals surface area contributed by atoms with Crippen LogP contribution in [0, 0.1) is 11.8 Å². The highest BCUT2D eigenvalue weighted by Gasteiger charge is 2.27. The van der Waals surface area contributed by atoms with E-state index in [1.807, 2.05) is 12.1 Å². The molecule has 0 aliphatic heterocycles. The molecule has 14 heavy (non-hydrogen) atoms. The number of hydrogen-bond donors (Lipinski definition) is 1. The van der Waals surface area contributed by atoms with E-state index in [0.29, 0.717) is 5.75 Å². The predicted octanol–water partition coefficient (Wildman–Crippen LogP) is 3.33. The smallest absolute Gasteiger partial charge is 0.115 e.